The maximum atomic E-state index is 11.8. The van der Waals surface area contributed by atoms with Crippen molar-refractivity contribution in [2.45, 2.75) is 46.1 Å². The lowest BCUT2D eigenvalue weighted by Crippen LogP contribution is -2.34. The largest absolute Gasteiger partial charge is 0.336 e. The molecule has 0 radical (unpaired) electrons. The van der Waals surface area contributed by atoms with Gasteiger partial charge in [-0.3, -0.25) is 4.79 Å². The first-order valence-electron chi connectivity index (χ1n) is 5.14. The first-order chi connectivity index (χ1) is 6.16. The van der Waals surface area contributed by atoms with Crippen molar-refractivity contribution in [2.24, 2.45) is 0 Å². The van der Waals surface area contributed by atoms with Gasteiger partial charge in [-0.2, -0.15) is 0 Å². The fourth-order valence-corrected chi connectivity index (χ4v) is 1.85. The van der Waals surface area contributed by atoms with Crippen LogP contribution in [0.1, 0.15) is 40.0 Å². The average Bonchev–Trinajstić information content (AvgIpc) is 2.50. The van der Waals surface area contributed by atoms with Crippen LogP contribution in [0.25, 0.3) is 0 Å². The van der Waals surface area contributed by atoms with E-state index in [2.05, 4.69) is 13.8 Å². The Morgan fingerprint density at radius 2 is 2.31 bits per heavy atom. The molecule has 0 N–H and O–H groups in total. The van der Waals surface area contributed by atoms with Gasteiger partial charge < -0.3 is 4.90 Å². The zero-order chi connectivity index (χ0) is 9.84. The van der Waals surface area contributed by atoms with Gasteiger partial charge in [0.05, 0.1) is 0 Å². The van der Waals surface area contributed by atoms with Crippen LogP contribution in [-0.4, -0.2) is 23.4 Å². The normalized spacial score (nSPS) is 23.8. The molecule has 2 nitrogen and oxygen atoms in total. The van der Waals surface area contributed by atoms with Crippen LogP contribution in [0.5, 0.6) is 0 Å². The Morgan fingerprint density at radius 3 is 2.77 bits per heavy atom. The van der Waals surface area contributed by atoms with Gasteiger partial charge in [0.15, 0.2) is 0 Å². The summed E-state index contributed by atoms with van der Waals surface area (Å²) in [5.41, 5.74) is 0.899. The van der Waals surface area contributed by atoms with Gasteiger partial charge in [-0.1, -0.05) is 13.0 Å². The molecule has 1 fully saturated rings. The fourth-order valence-electron chi connectivity index (χ4n) is 1.85. The van der Waals surface area contributed by atoms with Crippen molar-refractivity contribution < 1.29 is 4.79 Å². The molecule has 1 aliphatic rings. The molecule has 0 aliphatic carbocycles. The highest BCUT2D eigenvalue weighted by atomic mass is 16.2. The molecule has 1 heterocycles. The highest BCUT2D eigenvalue weighted by Crippen LogP contribution is 2.18. The Morgan fingerprint density at radius 1 is 1.62 bits per heavy atom. The predicted molar refractivity (Wildman–Crippen MR) is 54.5 cm³/mol. The monoisotopic (exact) mass is 181 g/mol. The zero-order valence-electron chi connectivity index (χ0n) is 8.84. The molecular weight excluding hydrogens is 162 g/mol. The van der Waals surface area contributed by atoms with Crippen molar-refractivity contribution in [2.75, 3.05) is 6.54 Å². The predicted octanol–water partition coefficient (Wildman–Crippen LogP) is 2.35. The van der Waals surface area contributed by atoms with E-state index in [1.807, 2.05) is 17.9 Å². The summed E-state index contributed by atoms with van der Waals surface area (Å²) >= 11 is 0. The van der Waals surface area contributed by atoms with Gasteiger partial charge in [-0.05, 0) is 33.1 Å². The Kier molecular flexibility index (Phi) is 3.52. The van der Waals surface area contributed by atoms with Gasteiger partial charge >= 0.3 is 0 Å². The molecule has 0 aromatic rings. The Hall–Kier alpha value is -0.790. The second-order valence-corrected chi connectivity index (χ2v) is 3.79. The number of hydrogen-bond donors (Lipinski definition) is 0. The Labute approximate surface area is 80.6 Å². The minimum absolute atomic E-state index is 0.229. The third kappa shape index (κ3) is 2.33. The lowest BCUT2D eigenvalue weighted by Gasteiger charge is -2.21. The standard InChI is InChI=1S/C11H19NO/c1-4-6-9(2)11(13)12-8-5-7-10(12)3/h6,10H,4-5,7-8H2,1-3H3/b9-6-. The summed E-state index contributed by atoms with van der Waals surface area (Å²) in [5.74, 6) is 0.229. The molecule has 1 unspecified atom stereocenters. The maximum absolute atomic E-state index is 11.8. The molecule has 1 amide bonds. The van der Waals surface area contributed by atoms with Gasteiger partial charge in [-0.25, -0.2) is 0 Å². The highest BCUT2D eigenvalue weighted by molar-refractivity contribution is 5.93. The highest BCUT2D eigenvalue weighted by Gasteiger charge is 2.25. The third-order valence-corrected chi connectivity index (χ3v) is 2.66. The molecule has 1 atom stereocenters. The van der Waals surface area contributed by atoms with Crippen LogP contribution in [0.4, 0.5) is 0 Å². The number of hydrogen-bond acceptors (Lipinski definition) is 1. The van der Waals surface area contributed by atoms with E-state index in [9.17, 15) is 4.79 Å². The quantitative estimate of drug-likeness (QED) is 0.599. The van der Waals surface area contributed by atoms with Gasteiger partial charge in [-0.15, -0.1) is 0 Å². The first-order valence-corrected chi connectivity index (χ1v) is 5.14. The molecule has 1 aliphatic heterocycles. The SMILES string of the molecule is CC/C=C(/C)C(=O)N1CCCC1C. The molecule has 0 spiro atoms. The number of carbonyl (C=O) groups is 1. The van der Waals surface area contributed by atoms with Crippen molar-refractivity contribution >= 4 is 5.91 Å². The number of nitrogens with zero attached hydrogens (tertiary/aromatic N) is 1. The van der Waals surface area contributed by atoms with Gasteiger partial charge in [0.2, 0.25) is 5.91 Å². The minimum atomic E-state index is 0.229. The summed E-state index contributed by atoms with van der Waals surface area (Å²) in [6.45, 7) is 7.04. The van der Waals surface area contributed by atoms with E-state index < -0.39 is 0 Å². The molecule has 0 aromatic heterocycles. The van der Waals surface area contributed by atoms with Crippen LogP contribution in [-0.2, 0) is 4.79 Å². The van der Waals surface area contributed by atoms with E-state index in [0.29, 0.717) is 6.04 Å². The van der Waals surface area contributed by atoms with Gasteiger partial charge in [0.1, 0.15) is 0 Å². The Bertz CT molecular complexity index is 220. The van der Waals surface area contributed by atoms with Gasteiger partial charge in [0, 0.05) is 18.2 Å². The lowest BCUT2D eigenvalue weighted by molar-refractivity contribution is -0.127. The topological polar surface area (TPSA) is 20.3 Å². The number of carbonyl (C=O) groups excluding carboxylic acids is 1. The van der Waals surface area contributed by atoms with E-state index in [1.54, 1.807) is 0 Å². The summed E-state index contributed by atoms with van der Waals surface area (Å²) in [6, 6.07) is 0.438. The number of likely N-dealkylation sites (tertiary alicyclic amines) is 1. The minimum Gasteiger partial charge on any atom is -0.336 e. The van der Waals surface area contributed by atoms with Crippen LogP contribution >= 0.6 is 0 Å². The molecule has 2 heteroatoms. The first kappa shape index (κ1) is 10.3. The molecule has 0 aromatic carbocycles. The second kappa shape index (κ2) is 4.45. The fraction of sp³-hybridized carbons (Fsp3) is 0.727. The maximum Gasteiger partial charge on any atom is 0.249 e. The van der Waals surface area contributed by atoms with E-state index >= 15 is 0 Å². The third-order valence-electron chi connectivity index (χ3n) is 2.66. The van der Waals surface area contributed by atoms with Crippen LogP contribution in [0.3, 0.4) is 0 Å². The average molecular weight is 181 g/mol. The summed E-state index contributed by atoms with van der Waals surface area (Å²) in [6.07, 6.45) is 5.27. The smallest absolute Gasteiger partial charge is 0.249 e. The van der Waals surface area contributed by atoms with Crippen LogP contribution in [0.15, 0.2) is 11.6 Å². The van der Waals surface area contributed by atoms with Crippen molar-refractivity contribution in [3.63, 3.8) is 0 Å². The lowest BCUT2D eigenvalue weighted by atomic mass is 10.2. The number of amides is 1. The van der Waals surface area contributed by atoms with Gasteiger partial charge in [0.25, 0.3) is 0 Å². The zero-order valence-corrected chi connectivity index (χ0v) is 8.84. The van der Waals surface area contributed by atoms with Crippen molar-refractivity contribution in [1.82, 2.24) is 4.90 Å². The molecule has 1 rings (SSSR count). The molecular formula is C11H19NO. The van der Waals surface area contributed by atoms with Crippen molar-refractivity contribution in [3.8, 4) is 0 Å². The van der Waals surface area contributed by atoms with Crippen LogP contribution in [0, 0.1) is 0 Å². The van der Waals surface area contributed by atoms with Crippen molar-refractivity contribution in [1.29, 1.82) is 0 Å². The molecule has 0 bridgehead atoms. The summed E-state index contributed by atoms with van der Waals surface area (Å²) in [7, 11) is 0. The second-order valence-electron chi connectivity index (χ2n) is 3.79. The van der Waals surface area contributed by atoms with E-state index in [-0.39, 0.29) is 5.91 Å². The summed E-state index contributed by atoms with van der Waals surface area (Å²) in [5, 5.41) is 0. The van der Waals surface area contributed by atoms with Crippen LogP contribution in [0.2, 0.25) is 0 Å². The molecule has 1 saturated heterocycles. The van der Waals surface area contributed by atoms with E-state index in [1.165, 1.54) is 0 Å². The van der Waals surface area contributed by atoms with E-state index in [0.717, 1.165) is 31.4 Å². The molecule has 13 heavy (non-hydrogen) atoms. The van der Waals surface area contributed by atoms with Crippen molar-refractivity contribution in [3.05, 3.63) is 11.6 Å². The van der Waals surface area contributed by atoms with E-state index in [4.69, 9.17) is 0 Å². The summed E-state index contributed by atoms with van der Waals surface area (Å²) in [4.78, 5) is 13.8. The molecule has 0 saturated carbocycles. The Balaban J connectivity index is 2.61. The summed E-state index contributed by atoms with van der Waals surface area (Å²) < 4.78 is 0. The van der Waals surface area contributed by atoms with Crippen LogP contribution < -0.4 is 0 Å². The number of rotatable bonds is 2. The molecule has 74 valence electrons. The number of allylic oxidation sites excluding steroid dienone is 1.